The number of benzene rings is 2. The SMILES string of the molecule is O=CC1CC(N2CCc3oc(-c4ccc(OCc5ccc(Cl)cc5)cc4)nc3C2)C1. The number of hydrogen-bond acceptors (Lipinski definition) is 5. The number of aldehydes is 1. The first-order chi connectivity index (χ1) is 14.7. The molecule has 0 bridgehead atoms. The number of fused-ring (bicyclic) bond motifs is 1. The van der Waals surface area contributed by atoms with Crippen molar-refractivity contribution in [1.82, 2.24) is 9.88 Å². The van der Waals surface area contributed by atoms with E-state index in [4.69, 9.17) is 25.7 Å². The summed E-state index contributed by atoms with van der Waals surface area (Å²) in [5.74, 6) is 2.68. The van der Waals surface area contributed by atoms with Crippen molar-refractivity contribution < 1.29 is 13.9 Å². The molecule has 0 amide bonds. The van der Waals surface area contributed by atoms with Gasteiger partial charge in [-0.25, -0.2) is 4.98 Å². The maximum absolute atomic E-state index is 10.9. The predicted octanol–water partition coefficient (Wildman–Crippen LogP) is 4.91. The first kappa shape index (κ1) is 19.3. The second kappa shape index (κ2) is 8.25. The highest BCUT2D eigenvalue weighted by Gasteiger charge is 2.36. The smallest absolute Gasteiger partial charge is 0.226 e. The van der Waals surface area contributed by atoms with E-state index in [0.29, 0.717) is 18.5 Å². The molecule has 3 aromatic rings. The molecule has 1 aliphatic heterocycles. The van der Waals surface area contributed by atoms with E-state index in [-0.39, 0.29) is 5.92 Å². The Hall–Kier alpha value is -2.63. The zero-order valence-corrected chi connectivity index (χ0v) is 17.3. The average molecular weight is 423 g/mol. The van der Waals surface area contributed by atoms with Gasteiger partial charge in [-0.15, -0.1) is 0 Å². The van der Waals surface area contributed by atoms with E-state index in [2.05, 4.69) is 4.90 Å². The van der Waals surface area contributed by atoms with Crippen molar-refractivity contribution in [3.63, 3.8) is 0 Å². The molecule has 5 nitrogen and oxygen atoms in total. The molecule has 2 aliphatic rings. The summed E-state index contributed by atoms with van der Waals surface area (Å²) in [5.41, 5.74) is 3.03. The Morgan fingerprint density at radius 2 is 1.90 bits per heavy atom. The summed E-state index contributed by atoms with van der Waals surface area (Å²) in [7, 11) is 0. The number of halogens is 1. The predicted molar refractivity (Wildman–Crippen MR) is 114 cm³/mol. The topological polar surface area (TPSA) is 55.6 Å². The van der Waals surface area contributed by atoms with E-state index < -0.39 is 0 Å². The van der Waals surface area contributed by atoms with Crippen molar-refractivity contribution in [2.45, 2.75) is 38.5 Å². The number of carbonyl (C=O) groups is 1. The van der Waals surface area contributed by atoms with E-state index >= 15 is 0 Å². The highest BCUT2D eigenvalue weighted by Crippen LogP contribution is 2.34. The third-order valence-electron chi connectivity index (χ3n) is 6.04. The van der Waals surface area contributed by atoms with Crippen molar-refractivity contribution in [2.75, 3.05) is 6.54 Å². The average Bonchev–Trinajstić information content (AvgIpc) is 3.16. The van der Waals surface area contributed by atoms with Crippen LogP contribution in [0.15, 0.2) is 52.9 Å². The molecule has 0 radical (unpaired) electrons. The zero-order chi connectivity index (χ0) is 20.5. The molecule has 1 aliphatic carbocycles. The molecule has 0 saturated heterocycles. The van der Waals surface area contributed by atoms with Crippen LogP contribution >= 0.6 is 11.6 Å². The minimum atomic E-state index is 0.240. The fourth-order valence-corrected chi connectivity index (χ4v) is 4.26. The molecule has 0 atom stereocenters. The van der Waals surface area contributed by atoms with Crippen molar-refractivity contribution in [3.05, 3.63) is 70.6 Å². The first-order valence-corrected chi connectivity index (χ1v) is 10.7. The number of oxazole rings is 1. The first-order valence-electron chi connectivity index (χ1n) is 10.3. The molecule has 0 N–H and O–H groups in total. The summed E-state index contributed by atoms with van der Waals surface area (Å²) >= 11 is 5.92. The minimum absolute atomic E-state index is 0.240. The van der Waals surface area contributed by atoms with Crippen LogP contribution in [-0.2, 0) is 24.4 Å². The lowest BCUT2D eigenvalue weighted by molar-refractivity contribution is -0.115. The molecular formula is C24H23ClN2O3. The molecule has 2 aromatic carbocycles. The maximum atomic E-state index is 10.9. The summed E-state index contributed by atoms with van der Waals surface area (Å²) < 4.78 is 11.9. The highest BCUT2D eigenvalue weighted by molar-refractivity contribution is 6.30. The zero-order valence-electron chi connectivity index (χ0n) is 16.6. The molecule has 2 heterocycles. The van der Waals surface area contributed by atoms with Crippen LogP contribution in [-0.4, -0.2) is 28.8 Å². The normalized spacial score (nSPS) is 21.0. The molecule has 1 saturated carbocycles. The Labute approximate surface area is 180 Å². The van der Waals surface area contributed by atoms with Gasteiger partial charge in [0.15, 0.2) is 0 Å². The van der Waals surface area contributed by atoms with Gasteiger partial charge in [0, 0.05) is 42.1 Å². The Balaban J connectivity index is 1.22. The standard InChI is InChI=1S/C24H23ClN2O3/c25-19-5-1-16(2-6-19)15-29-21-7-3-18(4-8-21)24-26-22-13-27(10-9-23(22)30-24)20-11-17(12-20)14-28/h1-8,14,17,20H,9-13,15H2. The largest absolute Gasteiger partial charge is 0.489 e. The van der Waals surface area contributed by atoms with Gasteiger partial charge in [-0.2, -0.15) is 0 Å². The molecule has 1 aromatic heterocycles. The van der Waals surface area contributed by atoms with Crippen LogP contribution in [0.4, 0.5) is 0 Å². The van der Waals surface area contributed by atoms with Crippen LogP contribution in [0.2, 0.25) is 5.02 Å². The summed E-state index contributed by atoms with van der Waals surface area (Å²) in [5, 5.41) is 0.720. The highest BCUT2D eigenvalue weighted by atomic mass is 35.5. The minimum Gasteiger partial charge on any atom is -0.489 e. The van der Waals surface area contributed by atoms with E-state index in [9.17, 15) is 4.79 Å². The lowest BCUT2D eigenvalue weighted by Crippen LogP contribution is -2.47. The van der Waals surface area contributed by atoms with Gasteiger partial charge in [-0.3, -0.25) is 4.90 Å². The van der Waals surface area contributed by atoms with Crippen LogP contribution in [0, 0.1) is 5.92 Å². The number of nitrogens with zero attached hydrogens (tertiary/aromatic N) is 2. The Morgan fingerprint density at radius 1 is 1.13 bits per heavy atom. The van der Waals surface area contributed by atoms with E-state index in [0.717, 1.165) is 72.0 Å². The summed E-state index contributed by atoms with van der Waals surface area (Å²) in [4.78, 5) is 18.0. The van der Waals surface area contributed by atoms with Crippen molar-refractivity contribution in [1.29, 1.82) is 0 Å². The van der Waals surface area contributed by atoms with Gasteiger partial charge in [0.25, 0.3) is 0 Å². The van der Waals surface area contributed by atoms with Gasteiger partial charge in [0.2, 0.25) is 5.89 Å². The number of aromatic nitrogens is 1. The van der Waals surface area contributed by atoms with Crippen molar-refractivity contribution >= 4 is 17.9 Å². The van der Waals surface area contributed by atoms with Gasteiger partial charge >= 0.3 is 0 Å². The van der Waals surface area contributed by atoms with Crippen LogP contribution in [0.5, 0.6) is 5.75 Å². The van der Waals surface area contributed by atoms with Gasteiger partial charge in [0.05, 0.1) is 5.69 Å². The van der Waals surface area contributed by atoms with Gasteiger partial charge in [-0.05, 0) is 54.8 Å². The summed E-state index contributed by atoms with van der Waals surface area (Å²) in [6, 6.07) is 16.0. The van der Waals surface area contributed by atoms with Gasteiger partial charge in [0.1, 0.15) is 24.4 Å². The number of rotatable bonds is 6. The van der Waals surface area contributed by atoms with Gasteiger partial charge < -0.3 is 13.9 Å². The van der Waals surface area contributed by atoms with Crippen LogP contribution in [0.1, 0.15) is 29.9 Å². The van der Waals surface area contributed by atoms with Crippen molar-refractivity contribution in [3.8, 4) is 17.2 Å². The van der Waals surface area contributed by atoms with Crippen molar-refractivity contribution in [2.24, 2.45) is 5.92 Å². The molecule has 6 heteroatoms. The second-order valence-electron chi connectivity index (χ2n) is 8.07. The molecule has 30 heavy (non-hydrogen) atoms. The van der Waals surface area contributed by atoms with E-state index in [1.54, 1.807) is 0 Å². The lowest BCUT2D eigenvalue weighted by atomic mass is 9.80. The molecule has 154 valence electrons. The lowest BCUT2D eigenvalue weighted by Gasteiger charge is -2.41. The van der Waals surface area contributed by atoms with Crippen LogP contribution in [0.3, 0.4) is 0 Å². The third kappa shape index (κ3) is 4.00. The van der Waals surface area contributed by atoms with Crippen LogP contribution < -0.4 is 4.74 Å². The molecule has 0 spiro atoms. The Kier molecular flexibility index (Phi) is 5.32. The Bertz CT molecular complexity index is 1020. The van der Waals surface area contributed by atoms with Gasteiger partial charge in [-0.1, -0.05) is 23.7 Å². The van der Waals surface area contributed by atoms with Crippen LogP contribution in [0.25, 0.3) is 11.5 Å². The quantitative estimate of drug-likeness (QED) is 0.528. The number of hydrogen-bond donors (Lipinski definition) is 0. The fraction of sp³-hybridized carbons (Fsp3) is 0.333. The summed E-state index contributed by atoms with van der Waals surface area (Å²) in [6.07, 6.45) is 3.90. The molecular weight excluding hydrogens is 400 g/mol. The number of ether oxygens (including phenoxy) is 1. The fourth-order valence-electron chi connectivity index (χ4n) is 4.13. The monoisotopic (exact) mass is 422 g/mol. The molecule has 5 rings (SSSR count). The summed E-state index contributed by atoms with van der Waals surface area (Å²) in [6.45, 7) is 2.26. The molecule has 0 unspecified atom stereocenters. The third-order valence-corrected chi connectivity index (χ3v) is 6.29. The van der Waals surface area contributed by atoms with E-state index in [1.807, 2.05) is 48.5 Å². The van der Waals surface area contributed by atoms with E-state index in [1.165, 1.54) is 0 Å². The maximum Gasteiger partial charge on any atom is 0.226 e. The second-order valence-corrected chi connectivity index (χ2v) is 8.51. The molecule has 1 fully saturated rings. The Morgan fingerprint density at radius 3 is 2.63 bits per heavy atom. The number of carbonyl (C=O) groups excluding carboxylic acids is 1.